The zero-order valence-electron chi connectivity index (χ0n) is 16.9. The molecule has 0 saturated carbocycles. The third-order valence-electron chi connectivity index (χ3n) is 5.39. The lowest BCUT2D eigenvalue weighted by Gasteiger charge is -2.13. The number of carbonyl (C=O) groups is 1. The first-order chi connectivity index (χ1) is 15.0. The summed E-state index contributed by atoms with van der Waals surface area (Å²) in [5.41, 5.74) is 8.83. The smallest absolute Gasteiger partial charge is 0.249 e. The third kappa shape index (κ3) is 3.35. The Bertz CT molecular complexity index is 1320. The maximum absolute atomic E-state index is 14.3. The number of anilines is 1. The van der Waals surface area contributed by atoms with E-state index >= 15 is 0 Å². The van der Waals surface area contributed by atoms with Gasteiger partial charge in [-0.1, -0.05) is 30.3 Å². The fourth-order valence-corrected chi connectivity index (χ4v) is 3.95. The van der Waals surface area contributed by atoms with Gasteiger partial charge in [-0.2, -0.15) is 9.97 Å². The van der Waals surface area contributed by atoms with Crippen molar-refractivity contribution in [3.8, 4) is 11.8 Å². The van der Waals surface area contributed by atoms with Crippen LogP contribution in [0.5, 0.6) is 5.88 Å². The molecule has 7 nitrogen and oxygen atoms in total. The van der Waals surface area contributed by atoms with Gasteiger partial charge in [-0.3, -0.25) is 9.36 Å². The molecule has 3 N–H and O–H groups in total. The summed E-state index contributed by atoms with van der Waals surface area (Å²) in [6.45, 7) is 2.96. The van der Waals surface area contributed by atoms with Crippen LogP contribution in [0.1, 0.15) is 27.2 Å². The number of aromatic nitrogens is 3. The van der Waals surface area contributed by atoms with E-state index in [2.05, 4.69) is 10.3 Å². The Hall–Kier alpha value is -3.94. The highest BCUT2D eigenvalue weighted by Gasteiger charge is 2.24. The second kappa shape index (κ2) is 7.39. The van der Waals surface area contributed by atoms with Gasteiger partial charge in [0.05, 0.1) is 23.3 Å². The molecule has 0 spiro atoms. The van der Waals surface area contributed by atoms with E-state index in [0.717, 1.165) is 22.9 Å². The van der Waals surface area contributed by atoms with E-state index in [4.69, 9.17) is 15.5 Å². The molecule has 1 amide bonds. The van der Waals surface area contributed by atoms with Crippen LogP contribution in [0.4, 0.5) is 10.2 Å². The lowest BCUT2D eigenvalue weighted by atomic mass is 10.1. The van der Waals surface area contributed by atoms with Crippen molar-refractivity contribution in [3.63, 3.8) is 0 Å². The summed E-state index contributed by atoms with van der Waals surface area (Å²) >= 11 is 0. The molecule has 2 aromatic heterocycles. The van der Waals surface area contributed by atoms with E-state index in [0.29, 0.717) is 48.1 Å². The van der Waals surface area contributed by atoms with Crippen molar-refractivity contribution in [1.82, 2.24) is 14.5 Å². The summed E-state index contributed by atoms with van der Waals surface area (Å²) < 4.78 is 21.7. The van der Waals surface area contributed by atoms with Gasteiger partial charge in [0, 0.05) is 24.0 Å². The summed E-state index contributed by atoms with van der Waals surface area (Å²) in [5.74, 6) is 0.276. The zero-order chi connectivity index (χ0) is 21.5. The summed E-state index contributed by atoms with van der Waals surface area (Å²) in [6, 6.07) is 14.3. The van der Waals surface area contributed by atoms with Crippen LogP contribution in [-0.2, 0) is 13.0 Å². The Labute approximate surface area is 177 Å². The number of amides is 1. The van der Waals surface area contributed by atoms with Crippen molar-refractivity contribution in [2.45, 2.75) is 19.9 Å². The Morgan fingerprint density at radius 2 is 2.03 bits per heavy atom. The van der Waals surface area contributed by atoms with E-state index in [1.807, 2.05) is 37.3 Å². The first-order valence-corrected chi connectivity index (χ1v) is 9.94. The lowest BCUT2D eigenvalue weighted by Crippen LogP contribution is -2.12. The fraction of sp³-hybridized carbons (Fsp3) is 0.174. The van der Waals surface area contributed by atoms with Crippen LogP contribution >= 0.6 is 0 Å². The maximum atomic E-state index is 14.3. The Kier molecular flexibility index (Phi) is 4.54. The number of carbonyl (C=O) groups excluding carboxylic acids is 1. The SMILES string of the molecule is Cc1cc2c(C(N)=O)cc(F)cc2n1-c1nc(NCc2ccccc2)c2c(n1)OCC2. The van der Waals surface area contributed by atoms with Crippen LogP contribution in [0.15, 0.2) is 48.5 Å². The molecule has 4 aromatic rings. The van der Waals surface area contributed by atoms with Crippen LogP contribution in [0.2, 0.25) is 0 Å². The maximum Gasteiger partial charge on any atom is 0.249 e. The average molecular weight is 417 g/mol. The molecular formula is C23H20FN5O2. The van der Waals surface area contributed by atoms with Crippen LogP contribution < -0.4 is 15.8 Å². The number of benzene rings is 2. The second-order valence-electron chi connectivity index (χ2n) is 7.47. The van der Waals surface area contributed by atoms with Gasteiger partial charge in [0.25, 0.3) is 0 Å². The molecule has 0 aliphatic carbocycles. The molecule has 8 heteroatoms. The van der Waals surface area contributed by atoms with Gasteiger partial charge in [0.2, 0.25) is 17.7 Å². The topological polar surface area (TPSA) is 95.1 Å². The number of aryl methyl sites for hydroxylation is 1. The van der Waals surface area contributed by atoms with Crippen LogP contribution in [0.25, 0.3) is 16.9 Å². The number of hydrogen-bond acceptors (Lipinski definition) is 5. The number of nitrogens with zero attached hydrogens (tertiary/aromatic N) is 3. The molecule has 0 saturated heterocycles. The monoisotopic (exact) mass is 417 g/mol. The fourth-order valence-electron chi connectivity index (χ4n) is 3.95. The van der Waals surface area contributed by atoms with Crippen molar-refractivity contribution in [1.29, 1.82) is 0 Å². The van der Waals surface area contributed by atoms with E-state index < -0.39 is 11.7 Å². The number of fused-ring (bicyclic) bond motifs is 2. The lowest BCUT2D eigenvalue weighted by molar-refractivity contribution is 0.100. The van der Waals surface area contributed by atoms with E-state index in [9.17, 15) is 9.18 Å². The van der Waals surface area contributed by atoms with Crippen LogP contribution in [-0.4, -0.2) is 27.0 Å². The molecule has 1 aliphatic rings. The number of nitrogens with two attached hydrogens (primary N) is 1. The molecule has 0 unspecified atom stereocenters. The summed E-state index contributed by atoms with van der Waals surface area (Å²) in [6.07, 6.45) is 0.707. The molecule has 2 aromatic carbocycles. The molecule has 0 fully saturated rings. The van der Waals surface area contributed by atoms with E-state index in [1.54, 1.807) is 10.6 Å². The van der Waals surface area contributed by atoms with Gasteiger partial charge in [-0.05, 0) is 30.7 Å². The number of halogens is 1. The second-order valence-corrected chi connectivity index (χ2v) is 7.47. The highest BCUT2D eigenvalue weighted by atomic mass is 19.1. The Balaban J connectivity index is 1.63. The normalized spacial score (nSPS) is 12.6. The van der Waals surface area contributed by atoms with Crippen molar-refractivity contribution < 1.29 is 13.9 Å². The number of rotatable bonds is 5. The highest BCUT2D eigenvalue weighted by molar-refractivity contribution is 6.06. The van der Waals surface area contributed by atoms with Crippen LogP contribution in [0, 0.1) is 12.7 Å². The van der Waals surface area contributed by atoms with Crippen molar-refractivity contribution >= 4 is 22.6 Å². The van der Waals surface area contributed by atoms with E-state index in [1.165, 1.54) is 6.07 Å². The summed E-state index contributed by atoms with van der Waals surface area (Å²) in [4.78, 5) is 21.2. The van der Waals surface area contributed by atoms with Gasteiger partial charge in [-0.25, -0.2) is 4.39 Å². The molecule has 31 heavy (non-hydrogen) atoms. The number of nitrogens with one attached hydrogen (secondary N) is 1. The predicted octanol–water partition coefficient (Wildman–Crippen LogP) is 3.51. The van der Waals surface area contributed by atoms with Gasteiger partial charge < -0.3 is 15.8 Å². The number of hydrogen-bond donors (Lipinski definition) is 2. The summed E-state index contributed by atoms with van der Waals surface area (Å²) in [5, 5.41) is 3.93. The molecule has 156 valence electrons. The summed E-state index contributed by atoms with van der Waals surface area (Å²) in [7, 11) is 0. The number of primary amides is 1. The standard InChI is InChI=1S/C23H20FN5O2/c1-13-9-17-18(20(25)30)10-15(24)11-19(17)29(13)23-27-21(16-7-8-31-22(16)28-23)26-12-14-5-3-2-4-6-14/h2-6,9-11H,7-8,12H2,1H3,(H2,25,30)(H,26,27,28). The largest absolute Gasteiger partial charge is 0.477 e. The highest BCUT2D eigenvalue weighted by Crippen LogP contribution is 2.33. The molecule has 5 rings (SSSR count). The van der Waals surface area contributed by atoms with Crippen LogP contribution in [0.3, 0.4) is 0 Å². The third-order valence-corrected chi connectivity index (χ3v) is 5.39. The minimum absolute atomic E-state index is 0.122. The molecule has 0 radical (unpaired) electrons. The predicted molar refractivity (Wildman–Crippen MR) is 115 cm³/mol. The van der Waals surface area contributed by atoms with Gasteiger partial charge in [-0.15, -0.1) is 0 Å². The molecule has 3 heterocycles. The van der Waals surface area contributed by atoms with Crippen molar-refractivity contribution in [2.75, 3.05) is 11.9 Å². The molecule has 0 bridgehead atoms. The first-order valence-electron chi connectivity index (χ1n) is 9.94. The Morgan fingerprint density at radius 3 is 2.81 bits per heavy atom. The molecule has 0 atom stereocenters. The molecule has 1 aliphatic heterocycles. The zero-order valence-corrected chi connectivity index (χ0v) is 16.9. The minimum Gasteiger partial charge on any atom is -0.477 e. The quantitative estimate of drug-likeness (QED) is 0.518. The minimum atomic E-state index is -0.690. The average Bonchev–Trinajstić information content (AvgIpc) is 3.35. The molecular weight excluding hydrogens is 397 g/mol. The van der Waals surface area contributed by atoms with Gasteiger partial charge in [0.1, 0.15) is 11.6 Å². The van der Waals surface area contributed by atoms with E-state index in [-0.39, 0.29) is 5.56 Å². The van der Waals surface area contributed by atoms with Crippen molar-refractivity contribution in [2.24, 2.45) is 5.73 Å². The van der Waals surface area contributed by atoms with Gasteiger partial charge in [0.15, 0.2) is 0 Å². The Morgan fingerprint density at radius 1 is 1.23 bits per heavy atom. The van der Waals surface area contributed by atoms with Crippen molar-refractivity contribution in [3.05, 3.63) is 76.7 Å². The first kappa shape index (κ1) is 19.0. The van der Waals surface area contributed by atoms with Gasteiger partial charge >= 0.3 is 0 Å². The number of ether oxygens (including phenoxy) is 1.